The van der Waals surface area contributed by atoms with Crippen molar-refractivity contribution >= 4 is 34.5 Å². The number of benzene rings is 1. The lowest BCUT2D eigenvalue weighted by Gasteiger charge is -2.05. The van der Waals surface area contributed by atoms with Crippen molar-refractivity contribution in [3.05, 3.63) is 41.7 Å². The summed E-state index contributed by atoms with van der Waals surface area (Å²) in [5.41, 5.74) is 1.80. The number of hydrogen-bond acceptors (Lipinski definition) is 3. The molecule has 0 unspecified atom stereocenters. The average molecular weight is 290 g/mol. The molecule has 1 amide bonds. The molecule has 0 aliphatic rings. The molecule has 0 radical (unpaired) electrons. The zero-order chi connectivity index (χ0) is 14.1. The molecule has 2 aromatic heterocycles. The molecule has 0 aliphatic heterocycles. The van der Waals surface area contributed by atoms with Gasteiger partial charge >= 0.3 is 0 Å². The van der Waals surface area contributed by atoms with Crippen LogP contribution in [0.25, 0.3) is 11.0 Å². The van der Waals surface area contributed by atoms with E-state index in [1.165, 1.54) is 10.9 Å². The molecule has 0 saturated carbocycles. The number of carbonyl (C=O) groups is 1. The minimum Gasteiger partial charge on any atom is -0.313 e. The highest BCUT2D eigenvalue weighted by Gasteiger charge is 2.11. The second-order valence-corrected chi connectivity index (χ2v) is 4.82. The Balaban J connectivity index is 1.79. The van der Waals surface area contributed by atoms with Crippen LogP contribution in [0, 0.1) is 0 Å². The Morgan fingerprint density at radius 3 is 2.90 bits per heavy atom. The number of imidazole rings is 1. The van der Waals surface area contributed by atoms with E-state index in [9.17, 15) is 4.79 Å². The van der Waals surface area contributed by atoms with Crippen LogP contribution in [0.15, 0.2) is 36.7 Å². The molecule has 2 heterocycles. The van der Waals surface area contributed by atoms with E-state index in [-0.39, 0.29) is 12.5 Å². The van der Waals surface area contributed by atoms with Crippen molar-refractivity contribution < 1.29 is 4.79 Å². The van der Waals surface area contributed by atoms with Gasteiger partial charge in [0.05, 0.1) is 22.3 Å². The maximum Gasteiger partial charge on any atom is 0.248 e. The van der Waals surface area contributed by atoms with Crippen molar-refractivity contribution in [2.75, 3.05) is 5.32 Å². The average Bonchev–Trinajstić information content (AvgIpc) is 2.95. The van der Waals surface area contributed by atoms with Crippen LogP contribution < -0.4 is 5.32 Å². The van der Waals surface area contributed by atoms with E-state index in [4.69, 9.17) is 11.6 Å². The Labute approximate surface area is 120 Å². The Bertz CT molecular complexity index is 776. The molecule has 20 heavy (non-hydrogen) atoms. The van der Waals surface area contributed by atoms with E-state index < -0.39 is 0 Å². The van der Waals surface area contributed by atoms with Gasteiger partial charge in [-0.25, -0.2) is 4.98 Å². The fourth-order valence-corrected chi connectivity index (χ4v) is 2.15. The molecule has 0 bridgehead atoms. The molecule has 0 atom stereocenters. The fraction of sp³-hybridized carbons (Fsp3) is 0.154. The van der Waals surface area contributed by atoms with Gasteiger partial charge in [-0.05, 0) is 12.1 Å². The predicted molar refractivity (Wildman–Crippen MR) is 76.6 cm³/mol. The summed E-state index contributed by atoms with van der Waals surface area (Å²) in [5, 5.41) is 7.23. The topological polar surface area (TPSA) is 64.7 Å². The van der Waals surface area contributed by atoms with Crippen LogP contribution in [-0.2, 0) is 18.4 Å². The number of anilines is 1. The molecule has 1 aromatic carbocycles. The lowest BCUT2D eigenvalue weighted by atomic mass is 10.3. The van der Waals surface area contributed by atoms with Gasteiger partial charge in [0.1, 0.15) is 6.54 Å². The van der Waals surface area contributed by atoms with Crippen molar-refractivity contribution in [1.29, 1.82) is 0 Å². The van der Waals surface area contributed by atoms with E-state index >= 15 is 0 Å². The predicted octanol–water partition coefficient (Wildman–Crippen LogP) is 2.06. The maximum absolute atomic E-state index is 12.0. The van der Waals surface area contributed by atoms with E-state index in [1.54, 1.807) is 6.20 Å². The van der Waals surface area contributed by atoms with Crippen LogP contribution in [0.2, 0.25) is 5.02 Å². The molecule has 3 aromatic rings. The normalized spacial score (nSPS) is 10.9. The minimum atomic E-state index is -0.205. The molecular weight excluding hydrogens is 278 g/mol. The van der Waals surface area contributed by atoms with Crippen LogP contribution in [0.4, 0.5) is 5.95 Å². The van der Waals surface area contributed by atoms with Crippen LogP contribution in [0.1, 0.15) is 0 Å². The number of fused-ring (bicyclic) bond motifs is 1. The Morgan fingerprint density at radius 1 is 1.40 bits per heavy atom. The zero-order valence-corrected chi connectivity index (χ0v) is 11.5. The largest absolute Gasteiger partial charge is 0.313 e. The highest BCUT2D eigenvalue weighted by Crippen LogP contribution is 2.17. The Kier molecular flexibility index (Phi) is 3.15. The quantitative estimate of drug-likeness (QED) is 0.803. The smallest absolute Gasteiger partial charge is 0.248 e. The van der Waals surface area contributed by atoms with Gasteiger partial charge in [0.25, 0.3) is 0 Å². The SMILES string of the molecule is Cn1c(NC(=O)Cn2cc(Cl)cn2)nc2ccccc21. The lowest BCUT2D eigenvalue weighted by Crippen LogP contribution is -2.20. The van der Waals surface area contributed by atoms with Gasteiger partial charge in [0.15, 0.2) is 0 Å². The van der Waals surface area contributed by atoms with Gasteiger partial charge in [-0.2, -0.15) is 5.10 Å². The van der Waals surface area contributed by atoms with Crippen molar-refractivity contribution in [2.45, 2.75) is 6.54 Å². The van der Waals surface area contributed by atoms with E-state index in [1.807, 2.05) is 35.9 Å². The highest BCUT2D eigenvalue weighted by molar-refractivity contribution is 6.30. The van der Waals surface area contributed by atoms with Crippen LogP contribution in [0.5, 0.6) is 0 Å². The lowest BCUT2D eigenvalue weighted by molar-refractivity contribution is -0.117. The Morgan fingerprint density at radius 2 is 2.20 bits per heavy atom. The summed E-state index contributed by atoms with van der Waals surface area (Å²) >= 11 is 5.75. The van der Waals surface area contributed by atoms with Crippen LogP contribution >= 0.6 is 11.6 Å². The molecule has 6 nitrogen and oxygen atoms in total. The van der Waals surface area contributed by atoms with E-state index in [0.29, 0.717) is 11.0 Å². The number of aromatic nitrogens is 4. The molecular formula is C13H12ClN5O. The van der Waals surface area contributed by atoms with Crippen molar-refractivity contribution in [3.63, 3.8) is 0 Å². The summed E-state index contributed by atoms with van der Waals surface area (Å²) in [6, 6.07) is 7.69. The molecule has 7 heteroatoms. The third-order valence-electron chi connectivity index (χ3n) is 2.95. The van der Waals surface area contributed by atoms with Gasteiger partial charge in [-0.1, -0.05) is 23.7 Å². The zero-order valence-electron chi connectivity index (χ0n) is 10.7. The molecule has 102 valence electrons. The second-order valence-electron chi connectivity index (χ2n) is 4.39. The third-order valence-corrected chi connectivity index (χ3v) is 3.14. The summed E-state index contributed by atoms with van der Waals surface area (Å²) in [6.45, 7) is 0.0932. The van der Waals surface area contributed by atoms with Crippen molar-refractivity contribution in [1.82, 2.24) is 19.3 Å². The van der Waals surface area contributed by atoms with E-state index in [2.05, 4.69) is 15.4 Å². The number of para-hydroxylation sites is 2. The van der Waals surface area contributed by atoms with Gasteiger partial charge in [0, 0.05) is 13.2 Å². The molecule has 0 aliphatic carbocycles. The first kappa shape index (κ1) is 12.7. The maximum atomic E-state index is 12.0. The second kappa shape index (κ2) is 4.97. The van der Waals surface area contributed by atoms with Crippen molar-refractivity contribution in [2.24, 2.45) is 7.05 Å². The summed E-state index contributed by atoms with van der Waals surface area (Å²) < 4.78 is 3.31. The molecule has 0 fully saturated rings. The Hall–Kier alpha value is -2.34. The van der Waals surface area contributed by atoms with Gasteiger partial charge in [-0.3, -0.25) is 14.8 Å². The molecule has 0 saturated heterocycles. The molecule has 0 spiro atoms. The van der Waals surface area contributed by atoms with Gasteiger partial charge in [0.2, 0.25) is 11.9 Å². The number of nitrogens with one attached hydrogen (secondary N) is 1. The van der Waals surface area contributed by atoms with Crippen molar-refractivity contribution in [3.8, 4) is 0 Å². The standard InChI is InChI=1S/C13H12ClN5O/c1-18-11-5-3-2-4-10(11)16-13(18)17-12(20)8-19-7-9(14)6-15-19/h2-7H,8H2,1H3,(H,16,17,20). The summed E-state index contributed by atoms with van der Waals surface area (Å²) in [7, 11) is 1.86. The monoisotopic (exact) mass is 289 g/mol. The van der Waals surface area contributed by atoms with Crippen LogP contribution in [-0.4, -0.2) is 25.2 Å². The van der Waals surface area contributed by atoms with E-state index in [0.717, 1.165) is 11.0 Å². The molecule has 1 N–H and O–H groups in total. The first-order valence-electron chi connectivity index (χ1n) is 6.03. The minimum absolute atomic E-state index is 0.0932. The first-order chi connectivity index (χ1) is 9.63. The highest BCUT2D eigenvalue weighted by atomic mass is 35.5. The number of nitrogens with zero attached hydrogens (tertiary/aromatic N) is 4. The number of aryl methyl sites for hydroxylation is 1. The number of carbonyl (C=O) groups excluding carboxylic acids is 1. The summed E-state index contributed by atoms with van der Waals surface area (Å²) in [6.07, 6.45) is 3.08. The fourth-order valence-electron chi connectivity index (χ4n) is 1.99. The van der Waals surface area contributed by atoms with Gasteiger partial charge in [-0.15, -0.1) is 0 Å². The number of halogens is 1. The molecule has 3 rings (SSSR count). The van der Waals surface area contributed by atoms with Crippen LogP contribution in [0.3, 0.4) is 0 Å². The number of rotatable bonds is 3. The summed E-state index contributed by atoms with van der Waals surface area (Å²) in [4.78, 5) is 16.3. The summed E-state index contributed by atoms with van der Waals surface area (Å²) in [5.74, 6) is 0.303. The number of hydrogen-bond donors (Lipinski definition) is 1. The van der Waals surface area contributed by atoms with Gasteiger partial charge < -0.3 is 4.57 Å². The number of amides is 1. The third kappa shape index (κ3) is 2.37. The first-order valence-corrected chi connectivity index (χ1v) is 6.40.